The highest BCUT2D eigenvalue weighted by molar-refractivity contribution is 5.95. The Kier molecular flexibility index (Phi) is 6.32. The smallest absolute Gasteiger partial charge is 0.387 e. The van der Waals surface area contributed by atoms with Crippen LogP contribution in [-0.2, 0) is 4.79 Å². The van der Waals surface area contributed by atoms with Gasteiger partial charge in [-0.3, -0.25) is 4.79 Å². The third kappa shape index (κ3) is 5.15. The maximum atomic E-state index is 12.4. The van der Waals surface area contributed by atoms with Gasteiger partial charge in [-0.25, -0.2) is 18.3 Å². The molecule has 0 aliphatic rings. The van der Waals surface area contributed by atoms with Crippen LogP contribution in [0.15, 0.2) is 24.3 Å². The molecule has 1 atom stereocenters. The fourth-order valence-electron chi connectivity index (χ4n) is 2.18. The van der Waals surface area contributed by atoms with Crippen LogP contribution in [0.25, 0.3) is 5.69 Å². The molecule has 1 aromatic carbocycles. The van der Waals surface area contributed by atoms with Crippen molar-refractivity contribution >= 4 is 11.9 Å². The van der Waals surface area contributed by atoms with Crippen molar-refractivity contribution < 1.29 is 37.0 Å². The molecule has 1 amide bonds. The summed E-state index contributed by atoms with van der Waals surface area (Å²) in [5.41, 5.74) is 0.294. The van der Waals surface area contributed by atoms with Crippen molar-refractivity contribution in [2.75, 3.05) is 0 Å². The van der Waals surface area contributed by atoms with E-state index in [0.29, 0.717) is 5.69 Å². The molecule has 0 aliphatic carbocycles. The summed E-state index contributed by atoms with van der Waals surface area (Å²) in [5, 5.41) is 18.2. The molecule has 0 bridgehead atoms. The predicted molar refractivity (Wildman–Crippen MR) is 82.2 cm³/mol. The molecule has 0 aliphatic heterocycles. The van der Waals surface area contributed by atoms with Gasteiger partial charge in [0.25, 0.3) is 5.91 Å². The number of carbonyl (C=O) groups excluding carboxylic acids is 1. The minimum absolute atomic E-state index is 0.0826. The number of carbonyl (C=O) groups is 2. The average molecular weight is 390 g/mol. The number of rotatable bonds is 8. The Morgan fingerprint density at radius 1 is 1.22 bits per heavy atom. The van der Waals surface area contributed by atoms with E-state index in [2.05, 4.69) is 15.0 Å². The summed E-state index contributed by atoms with van der Waals surface area (Å²) in [7, 11) is 0. The largest absolute Gasteiger partial charge is 0.480 e. The van der Waals surface area contributed by atoms with Crippen LogP contribution in [0, 0.1) is 6.92 Å². The second-order valence-electron chi connectivity index (χ2n) is 5.30. The molecule has 0 saturated heterocycles. The summed E-state index contributed by atoms with van der Waals surface area (Å²) in [4.78, 5) is 23.1. The Morgan fingerprint density at radius 3 is 2.37 bits per heavy atom. The Morgan fingerprint density at radius 2 is 1.85 bits per heavy atom. The molecule has 0 spiro atoms. The Bertz CT molecular complexity index is 811. The molecule has 1 aromatic heterocycles. The van der Waals surface area contributed by atoms with E-state index in [1.807, 2.05) is 5.32 Å². The summed E-state index contributed by atoms with van der Waals surface area (Å²) < 4.78 is 54.6. The highest BCUT2D eigenvalue weighted by Gasteiger charge is 2.27. The van der Waals surface area contributed by atoms with E-state index in [1.165, 1.54) is 35.9 Å². The minimum Gasteiger partial charge on any atom is -0.480 e. The summed E-state index contributed by atoms with van der Waals surface area (Å²) in [6.07, 6.45) is -3.98. The first-order valence-electron chi connectivity index (χ1n) is 7.48. The van der Waals surface area contributed by atoms with Crippen LogP contribution in [0.2, 0.25) is 0 Å². The van der Waals surface area contributed by atoms with E-state index >= 15 is 0 Å². The molecule has 0 radical (unpaired) electrons. The van der Waals surface area contributed by atoms with Crippen molar-refractivity contribution in [2.45, 2.75) is 32.4 Å². The molecule has 0 fully saturated rings. The maximum Gasteiger partial charge on any atom is 0.387 e. The lowest BCUT2D eigenvalue weighted by molar-refractivity contribution is -0.140. The third-order valence-corrected chi connectivity index (χ3v) is 3.43. The number of hydrogen-bond donors (Lipinski definition) is 2. The van der Waals surface area contributed by atoms with Crippen LogP contribution in [0.4, 0.5) is 17.6 Å². The second-order valence-corrected chi connectivity index (χ2v) is 5.30. The van der Waals surface area contributed by atoms with Crippen molar-refractivity contribution in [3.63, 3.8) is 0 Å². The average Bonchev–Trinajstić information content (AvgIpc) is 2.95. The van der Waals surface area contributed by atoms with Gasteiger partial charge in [0.1, 0.15) is 11.8 Å². The lowest BCUT2D eigenvalue weighted by atomic mass is 10.2. The molecule has 2 N–H and O–H groups in total. The van der Waals surface area contributed by atoms with E-state index in [1.54, 1.807) is 0 Å². The minimum atomic E-state index is -2.98. The lowest BCUT2D eigenvalue weighted by Gasteiger charge is -2.13. The van der Waals surface area contributed by atoms with E-state index in [9.17, 15) is 27.2 Å². The van der Waals surface area contributed by atoms with E-state index < -0.39 is 37.4 Å². The molecule has 146 valence electrons. The van der Waals surface area contributed by atoms with Gasteiger partial charge < -0.3 is 15.2 Å². The lowest BCUT2D eigenvalue weighted by Crippen LogP contribution is -2.42. The second kappa shape index (κ2) is 8.47. The van der Waals surface area contributed by atoms with Gasteiger partial charge in [-0.1, -0.05) is 5.21 Å². The number of aliphatic carboxylic acids is 1. The maximum absolute atomic E-state index is 12.4. The van der Waals surface area contributed by atoms with Crippen molar-refractivity contribution in [3.05, 3.63) is 35.7 Å². The number of nitrogens with zero attached hydrogens (tertiary/aromatic N) is 3. The van der Waals surface area contributed by atoms with Gasteiger partial charge in [0.2, 0.25) is 6.43 Å². The number of ether oxygens (including phenoxy) is 1. The van der Waals surface area contributed by atoms with Gasteiger partial charge in [-0.2, -0.15) is 8.78 Å². The van der Waals surface area contributed by atoms with Gasteiger partial charge >= 0.3 is 12.6 Å². The normalized spacial score (nSPS) is 12.3. The summed E-state index contributed by atoms with van der Waals surface area (Å²) >= 11 is 0. The van der Waals surface area contributed by atoms with Gasteiger partial charge in [0.15, 0.2) is 5.69 Å². The summed E-state index contributed by atoms with van der Waals surface area (Å²) in [6, 6.07) is 3.50. The van der Waals surface area contributed by atoms with Crippen LogP contribution in [0.1, 0.15) is 22.6 Å². The first-order chi connectivity index (χ1) is 12.7. The van der Waals surface area contributed by atoms with Gasteiger partial charge in [-0.15, -0.1) is 5.10 Å². The number of aromatic nitrogens is 3. The number of nitrogens with one attached hydrogen (secondary N) is 1. The first-order valence-corrected chi connectivity index (χ1v) is 7.48. The van der Waals surface area contributed by atoms with E-state index in [4.69, 9.17) is 5.11 Å². The zero-order valence-corrected chi connectivity index (χ0v) is 13.8. The SMILES string of the molecule is Cc1c(C(=O)NC(CC(F)F)C(=O)O)nnn1-c1ccc(OC(F)F)cc1. The van der Waals surface area contributed by atoms with Crippen molar-refractivity contribution in [2.24, 2.45) is 0 Å². The molecular weight excluding hydrogens is 376 g/mol. The van der Waals surface area contributed by atoms with Crippen LogP contribution in [0.3, 0.4) is 0 Å². The monoisotopic (exact) mass is 390 g/mol. The molecule has 27 heavy (non-hydrogen) atoms. The van der Waals surface area contributed by atoms with Crippen LogP contribution < -0.4 is 10.1 Å². The van der Waals surface area contributed by atoms with Crippen LogP contribution >= 0.6 is 0 Å². The summed E-state index contributed by atoms with van der Waals surface area (Å²) in [6.45, 7) is -1.53. The quantitative estimate of drug-likeness (QED) is 0.668. The first kappa shape index (κ1) is 20.1. The third-order valence-electron chi connectivity index (χ3n) is 3.43. The highest BCUT2D eigenvalue weighted by atomic mass is 19.3. The van der Waals surface area contributed by atoms with Crippen molar-refractivity contribution in [1.82, 2.24) is 20.3 Å². The molecule has 12 heteroatoms. The van der Waals surface area contributed by atoms with E-state index in [-0.39, 0.29) is 17.1 Å². The molecule has 2 aromatic rings. The zero-order chi connectivity index (χ0) is 20.1. The molecule has 8 nitrogen and oxygen atoms in total. The number of carboxylic acids is 1. The Hall–Kier alpha value is -3.18. The van der Waals surface area contributed by atoms with Crippen LogP contribution in [-0.4, -0.2) is 51.1 Å². The zero-order valence-electron chi connectivity index (χ0n) is 13.8. The Labute approximate surface area is 149 Å². The number of alkyl halides is 4. The number of benzene rings is 1. The highest BCUT2D eigenvalue weighted by Crippen LogP contribution is 2.19. The molecule has 0 saturated carbocycles. The van der Waals surface area contributed by atoms with Gasteiger partial charge in [-0.05, 0) is 31.2 Å². The summed E-state index contributed by atoms with van der Waals surface area (Å²) in [5.74, 6) is -2.67. The topological polar surface area (TPSA) is 106 Å². The van der Waals surface area contributed by atoms with Gasteiger partial charge in [0.05, 0.1) is 11.4 Å². The van der Waals surface area contributed by atoms with E-state index in [0.717, 1.165) is 0 Å². The fourth-order valence-corrected chi connectivity index (χ4v) is 2.18. The van der Waals surface area contributed by atoms with Crippen molar-refractivity contribution in [3.8, 4) is 11.4 Å². The van der Waals surface area contributed by atoms with Crippen LogP contribution in [0.5, 0.6) is 5.75 Å². The standard InChI is InChI=1S/C15H14F4N4O4/c1-7-12(13(24)20-10(14(25)26)6-11(16)17)21-22-23(7)8-2-4-9(5-3-8)27-15(18)19/h2-5,10-11,15H,6H2,1H3,(H,20,24)(H,25,26). The number of hydrogen-bond acceptors (Lipinski definition) is 5. The van der Waals surface area contributed by atoms with Crippen molar-refractivity contribution in [1.29, 1.82) is 0 Å². The number of amides is 1. The molecule has 1 heterocycles. The fraction of sp³-hybridized carbons (Fsp3) is 0.333. The molecule has 1 unspecified atom stereocenters. The van der Waals surface area contributed by atoms with Gasteiger partial charge in [0, 0.05) is 6.42 Å². The Balaban J connectivity index is 2.18. The number of carboxylic acid groups (broad SMARTS) is 1. The molecule has 2 rings (SSSR count). The predicted octanol–water partition coefficient (Wildman–Crippen LogP) is 2.02. The number of halogens is 4. The molecular formula is C15H14F4N4O4.